The Morgan fingerprint density at radius 1 is 1.05 bits per heavy atom. The van der Waals surface area contributed by atoms with Gasteiger partial charge in [0, 0.05) is 18.7 Å². The van der Waals surface area contributed by atoms with E-state index in [4.69, 9.17) is 5.11 Å². The zero-order chi connectivity index (χ0) is 13.9. The first-order chi connectivity index (χ1) is 9.27. The van der Waals surface area contributed by atoms with Crippen molar-refractivity contribution >= 4 is 0 Å². The molecule has 0 heterocycles. The molecule has 1 aromatic carbocycles. The van der Waals surface area contributed by atoms with E-state index in [0.29, 0.717) is 12.1 Å². The van der Waals surface area contributed by atoms with E-state index in [1.54, 1.807) is 0 Å². The average Bonchev–Trinajstić information content (AvgIpc) is 2.45. The molecule has 0 aromatic heterocycles. The summed E-state index contributed by atoms with van der Waals surface area (Å²) in [5.41, 5.74) is 1.38. The van der Waals surface area contributed by atoms with Gasteiger partial charge >= 0.3 is 0 Å². The first-order valence-corrected chi connectivity index (χ1v) is 7.69. The molecule has 2 N–H and O–H groups in total. The summed E-state index contributed by atoms with van der Waals surface area (Å²) in [5.74, 6) is 0. The summed E-state index contributed by atoms with van der Waals surface area (Å²) in [5, 5.41) is 12.6. The molecule has 0 bridgehead atoms. The quantitative estimate of drug-likeness (QED) is 0.624. The smallest absolute Gasteiger partial charge is 0.0431 e. The van der Waals surface area contributed by atoms with Crippen LogP contribution >= 0.6 is 0 Å². The molecule has 0 fully saturated rings. The SMILES string of the molecule is CCCCCC(NC(C)CCCO)c1ccccc1. The van der Waals surface area contributed by atoms with Crippen LogP contribution in [0.15, 0.2) is 30.3 Å². The summed E-state index contributed by atoms with van der Waals surface area (Å²) in [6.45, 7) is 4.75. The topological polar surface area (TPSA) is 32.3 Å². The molecule has 0 saturated heterocycles. The molecule has 0 aliphatic heterocycles. The first-order valence-electron chi connectivity index (χ1n) is 7.69. The second-order valence-electron chi connectivity index (χ2n) is 5.39. The van der Waals surface area contributed by atoms with E-state index in [9.17, 15) is 0 Å². The van der Waals surface area contributed by atoms with Crippen LogP contribution in [0.4, 0.5) is 0 Å². The third-order valence-corrected chi connectivity index (χ3v) is 3.58. The fourth-order valence-corrected chi connectivity index (χ4v) is 2.45. The summed E-state index contributed by atoms with van der Waals surface area (Å²) in [4.78, 5) is 0. The molecule has 2 heteroatoms. The maximum absolute atomic E-state index is 8.91. The maximum atomic E-state index is 8.91. The predicted molar refractivity (Wildman–Crippen MR) is 82.2 cm³/mol. The molecule has 0 aliphatic rings. The van der Waals surface area contributed by atoms with Crippen molar-refractivity contribution in [1.82, 2.24) is 5.32 Å². The molecule has 2 atom stereocenters. The van der Waals surface area contributed by atoms with Crippen molar-refractivity contribution < 1.29 is 5.11 Å². The van der Waals surface area contributed by atoms with Gasteiger partial charge in [-0.1, -0.05) is 56.5 Å². The predicted octanol–water partition coefficient (Wildman–Crippen LogP) is 4.06. The molecule has 0 spiro atoms. The van der Waals surface area contributed by atoms with Crippen LogP contribution in [0.1, 0.15) is 64.0 Å². The Morgan fingerprint density at radius 2 is 1.79 bits per heavy atom. The Bertz CT molecular complexity index is 312. The Morgan fingerprint density at radius 3 is 2.42 bits per heavy atom. The van der Waals surface area contributed by atoms with Crippen molar-refractivity contribution in [2.45, 2.75) is 64.5 Å². The molecule has 0 amide bonds. The van der Waals surface area contributed by atoms with Gasteiger partial charge in [0.05, 0.1) is 0 Å². The lowest BCUT2D eigenvalue weighted by Gasteiger charge is -2.24. The van der Waals surface area contributed by atoms with Gasteiger partial charge in [-0.2, -0.15) is 0 Å². The lowest BCUT2D eigenvalue weighted by molar-refractivity contribution is 0.272. The molecule has 2 nitrogen and oxygen atoms in total. The Hall–Kier alpha value is -0.860. The van der Waals surface area contributed by atoms with Crippen LogP contribution in [0.3, 0.4) is 0 Å². The van der Waals surface area contributed by atoms with Crippen LogP contribution in [0, 0.1) is 0 Å². The van der Waals surface area contributed by atoms with Crippen molar-refractivity contribution in [2.24, 2.45) is 0 Å². The molecular formula is C17H29NO. The largest absolute Gasteiger partial charge is 0.396 e. The fourth-order valence-electron chi connectivity index (χ4n) is 2.45. The number of rotatable bonds is 10. The van der Waals surface area contributed by atoms with Crippen molar-refractivity contribution in [3.63, 3.8) is 0 Å². The Balaban J connectivity index is 2.54. The average molecular weight is 263 g/mol. The molecule has 0 aliphatic carbocycles. The van der Waals surface area contributed by atoms with Gasteiger partial charge in [-0.15, -0.1) is 0 Å². The zero-order valence-corrected chi connectivity index (χ0v) is 12.4. The first kappa shape index (κ1) is 16.2. The van der Waals surface area contributed by atoms with Crippen LogP contribution in [-0.2, 0) is 0 Å². The van der Waals surface area contributed by atoms with Gasteiger partial charge in [0.25, 0.3) is 0 Å². The third-order valence-electron chi connectivity index (χ3n) is 3.58. The van der Waals surface area contributed by atoms with Crippen LogP contribution in [0.25, 0.3) is 0 Å². The lowest BCUT2D eigenvalue weighted by atomic mass is 9.99. The Kier molecular flexibility index (Phi) is 8.52. The van der Waals surface area contributed by atoms with Crippen molar-refractivity contribution in [1.29, 1.82) is 0 Å². The fraction of sp³-hybridized carbons (Fsp3) is 0.647. The molecule has 0 saturated carbocycles. The highest BCUT2D eigenvalue weighted by molar-refractivity contribution is 5.18. The minimum absolute atomic E-state index is 0.290. The number of aliphatic hydroxyl groups excluding tert-OH is 1. The standard InChI is InChI=1S/C17H29NO/c1-3-4-6-13-17(16-11-7-5-8-12-16)18-15(2)10-9-14-19/h5,7-8,11-12,15,17-19H,3-4,6,9-10,13-14H2,1-2H3. The summed E-state index contributed by atoms with van der Waals surface area (Å²) in [6.07, 6.45) is 6.95. The number of hydrogen-bond acceptors (Lipinski definition) is 2. The lowest BCUT2D eigenvalue weighted by Crippen LogP contribution is -2.30. The van der Waals surface area contributed by atoms with E-state index in [0.717, 1.165) is 12.8 Å². The zero-order valence-electron chi connectivity index (χ0n) is 12.4. The van der Waals surface area contributed by atoms with Gasteiger partial charge in [-0.3, -0.25) is 0 Å². The monoisotopic (exact) mass is 263 g/mol. The van der Waals surface area contributed by atoms with Crippen LogP contribution < -0.4 is 5.32 Å². The second-order valence-corrected chi connectivity index (χ2v) is 5.39. The van der Waals surface area contributed by atoms with E-state index in [-0.39, 0.29) is 6.61 Å². The third kappa shape index (κ3) is 6.74. The number of unbranched alkanes of at least 4 members (excludes halogenated alkanes) is 2. The maximum Gasteiger partial charge on any atom is 0.0431 e. The number of aliphatic hydroxyl groups is 1. The van der Waals surface area contributed by atoms with Gasteiger partial charge in [-0.25, -0.2) is 0 Å². The summed E-state index contributed by atoms with van der Waals surface area (Å²) >= 11 is 0. The van der Waals surface area contributed by atoms with E-state index in [1.807, 2.05) is 0 Å². The minimum Gasteiger partial charge on any atom is -0.396 e. The Labute approximate surface area is 118 Å². The normalized spacial score (nSPS) is 14.3. The van der Waals surface area contributed by atoms with Gasteiger partial charge in [0.15, 0.2) is 0 Å². The van der Waals surface area contributed by atoms with Crippen LogP contribution in [-0.4, -0.2) is 17.8 Å². The summed E-state index contributed by atoms with van der Waals surface area (Å²) in [6, 6.07) is 11.6. The van der Waals surface area contributed by atoms with Gasteiger partial charge < -0.3 is 10.4 Å². The molecule has 19 heavy (non-hydrogen) atoms. The number of nitrogens with one attached hydrogen (secondary N) is 1. The van der Waals surface area contributed by atoms with Gasteiger partial charge in [0.2, 0.25) is 0 Å². The van der Waals surface area contributed by atoms with E-state index >= 15 is 0 Å². The minimum atomic E-state index is 0.290. The van der Waals surface area contributed by atoms with Crippen LogP contribution in [0.2, 0.25) is 0 Å². The molecule has 1 aromatic rings. The highest BCUT2D eigenvalue weighted by Crippen LogP contribution is 2.21. The van der Waals surface area contributed by atoms with E-state index in [1.165, 1.54) is 31.2 Å². The van der Waals surface area contributed by atoms with Crippen molar-refractivity contribution in [3.8, 4) is 0 Å². The van der Waals surface area contributed by atoms with E-state index in [2.05, 4.69) is 49.5 Å². The summed E-state index contributed by atoms with van der Waals surface area (Å²) < 4.78 is 0. The molecular weight excluding hydrogens is 234 g/mol. The summed E-state index contributed by atoms with van der Waals surface area (Å²) in [7, 11) is 0. The molecule has 1 rings (SSSR count). The molecule has 2 unspecified atom stereocenters. The van der Waals surface area contributed by atoms with Crippen molar-refractivity contribution in [3.05, 3.63) is 35.9 Å². The molecule has 0 radical (unpaired) electrons. The number of hydrogen-bond donors (Lipinski definition) is 2. The molecule has 108 valence electrons. The van der Waals surface area contributed by atoms with Crippen LogP contribution in [0.5, 0.6) is 0 Å². The highest BCUT2D eigenvalue weighted by atomic mass is 16.2. The van der Waals surface area contributed by atoms with Gasteiger partial charge in [0.1, 0.15) is 0 Å². The highest BCUT2D eigenvalue weighted by Gasteiger charge is 2.13. The van der Waals surface area contributed by atoms with Crippen molar-refractivity contribution in [2.75, 3.05) is 6.61 Å². The second kappa shape index (κ2) is 9.99. The van der Waals surface area contributed by atoms with E-state index < -0.39 is 0 Å². The van der Waals surface area contributed by atoms with Gasteiger partial charge in [-0.05, 0) is 31.7 Å². The number of benzene rings is 1.